The Balaban J connectivity index is 2.34. The minimum Gasteiger partial charge on any atom is -0.493 e. The molecule has 20 heavy (non-hydrogen) atoms. The van der Waals surface area contributed by atoms with Crippen molar-refractivity contribution in [1.82, 2.24) is 4.98 Å². The number of methoxy groups -OCH3 is 2. The molecule has 2 aromatic rings. The lowest BCUT2D eigenvalue weighted by Gasteiger charge is -2.13. The maximum atomic E-state index is 6.32. The van der Waals surface area contributed by atoms with E-state index in [-0.39, 0.29) is 6.04 Å². The molecule has 0 radical (unpaired) electrons. The van der Waals surface area contributed by atoms with E-state index in [9.17, 15) is 0 Å². The molecule has 1 aromatic heterocycles. The Morgan fingerprint density at radius 1 is 1.25 bits per heavy atom. The maximum Gasteiger partial charge on any atom is 0.161 e. The molecule has 0 aliphatic heterocycles. The van der Waals surface area contributed by atoms with Crippen LogP contribution in [0.2, 0.25) is 0 Å². The zero-order chi connectivity index (χ0) is 14.7. The molecule has 1 aromatic carbocycles. The van der Waals surface area contributed by atoms with E-state index >= 15 is 0 Å². The fourth-order valence-corrected chi connectivity index (χ4v) is 3.14. The van der Waals surface area contributed by atoms with Gasteiger partial charge in [-0.1, -0.05) is 13.0 Å². The summed E-state index contributed by atoms with van der Waals surface area (Å²) in [5, 5.41) is 0.937. The van der Waals surface area contributed by atoms with E-state index in [2.05, 4.69) is 18.8 Å². The van der Waals surface area contributed by atoms with Gasteiger partial charge in [0.05, 0.1) is 26.0 Å². The first-order chi connectivity index (χ1) is 9.60. The van der Waals surface area contributed by atoms with Crippen LogP contribution in [0.25, 0.3) is 0 Å². The summed E-state index contributed by atoms with van der Waals surface area (Å²) in [7, 11) is 3.24. The van der Waals surface area contributed by atoms with Gasteiger partial charge in [-0.25, -0.2) is 4.98 Å². The first-order valence-corrected chi connectivity index (χ1v) is 7.36. The van der Waals surface area contributed by atoms with E-state index in [1.807, 2.05) is 18.2 Å². The molecule has 1 unspecified atom stereocenters. The van der Waals surface area contributed by atoms with Gasteiger partial charge in [0.1, 0.15) is 5.01 Å². The first-order valence-electron chi connectivity index (χ1n) is 6.54. The van der Waals surface area contributed by atoms with E-state index in [0.717, 1.165) is 22.7 Å². The highest BCUT2D eigenvalue weighted by Gasteiger charge is 2.17. The topological polar surface area (TPSA) is 57.4 Å². The van der Waals surface area contributed by atoms with Crippen LogP contribution in [0.15, 0.2) is 18.2 Å². The van der Waals surface area contributed by atoms with Crippen LogP contribution < -0.4 is 15.2 Å². The molecule has 0 amide bonds. The Bertz CT molecular complexity index is 596. The lowest BCUT2D eigenvalue weighted by atomic mass is 10.1. The standard InChI is InChI=1S/C15H20N2O2S/c1-5-11-9(2)20-15(17-11)14(16)10-6-7-12(18-3)13(8-10)19-4/h6-8,14H,5,16H2,1-4H3. The summed E-state index contributed by atoms with van der Waals surface area (Å²) in [5.74, 6) is 1.39. The zero-order valence-electron chi connectivity index (χ0n) is 12.3. The van der Waals surface area contributed by atoms with Crippen LogP contribution in [0.3, 0.4) is 0 Å². The third-order valence-electron chi connectivity index (χ3n) is 3.28. The third kappa shape index (κ3) is 2.78. The summed E-state index contributed by atoms with van der Waals surface area (Å²) >= 11 is 1.66. The minimum absolute atomic E-state index is 0.237. The Morgan fingerprint density at radius 3 is 2.50 bits per heavy atom. The number of thiazole rings is 1. The van der Waals surface area contributed by atoms with Crippen LogP contribution in [0.4, 0.5) is 0 Å². The molecule has 1 atom stereocenters. The van der Waals surface area contributed by atoms with E-state index < -0.39 is 0 Å². The second-order valence-electron chi connectivity index (χ2n) is 4.50. The van der Waals surface area contributed by atoms with Gasteiger partial charge in [0.2, 0.25) is 0 Å². The van der Waals surface area contributed by atoms with Crippen LogP contribution in [0.5, 0.6) is 11.5 Å². The Kier molecular flexibility index (Phi) is 4.62. The summed E-state index contributed by atoms with van der Waals surface area (Å²) in [6.45, 7) is 4.19. The lowest BCUT2D eigenvalue weighted by Crippen LogP contribution is -2.12. The molecule has 2 N–H and O–H groups in total. The van der Waals surface area contributed by atoms with Gasteiger partial charge >= 0.3 is 0 Å². The van der Waals surface area contributed by atoms with E-state index in [1.54, 1.807) is 25.6 Å². The Hall–Kier alpha value is -1.59. The molecular weight excluding hydrogens is 272 g/mol. The smallest absolute Gasteiger partial charge is 0.161 e. The zero-order valence-corrected chi connectivity index (χ0v) is 13.1. The molecular formula is C15H20N2O2S. The highest BCUT2D eigenvalue weighted by molar-refractivity contribution is 7.11. The second kappa shape index (κ2) is 6.24. The number of benzene rings is 1. The van der Waals surface area contributed by atoms with Crippen LogP contribution in [0, 0.1) is 6.92 Å². The number of ether oxygens (including phenoxy) is 2. The molecule has 0 saturated heterocycles. The SMILES string of the molecule is CCc1nc(C(N)c2ccc(OC)c(OC)c2)sc1C. The molecule has 2 rings (SSSR count). The lowest BCUT2D eigenvalue weighted by molar-refractivity contribution is 0.354. The van der Waals surface area contributed by atoms with Crippen molar-refractivity contribution >= 4 is 11.3 Å². The first kappa shape index (κ1) is 14.8. The molecule has 0 saturated carbocycles. The van der Waals surface area contributed by atoms with Gasteiger partial charge in [-0.15, -0.1) is 11.3 Å². The molecule has 0 spiro atoms. The minimum atomic E-state index is -0.237. The summed E-state index contributed by atoms with van der Waals surface area (Å²) in [4.78, 5) is 5.86. The van der Waals surface area contributed by atoms with Crippen molar-refractivity contribution in [3.63, 3.8) is 0 Å². The Labute approximate surface area is 123 Å². The number of nitrogens with two attached hydrogens (primary N) is 1. The number of nitrogens with zero attached hydrogens (tertiary/aromatic N) is 1. The highest BCUT2D eigenvalue weighted by atomic mass is 32.1. The van der Waals surface area contributed by atoms with Crippen molar-refractivity contribution in [2.75, 3.05) is 14.2 Å². The summed E-state index contributed by atoms with van der Waals surface area (Å²) in [6.07, 6.45) is 0.932. The van der Waals surface area contributed by atoms with Crippen molar-refractivity contribution < 1.29 is 9.47 Å². The van der Waals surface area contributed by atoms with Crippen LogP contribution in [-0.4, -0.2) is 19.2 Å². The number of hydrogen-bond acceptors (Lipinski definition) is 5. The average molecular weight is 292 g/mol. The molecule has 108 valence electrons. The van der Waals surface area contributed by atoms with E-state index in [0.29, 0.717) is 11.5 Å². The second-order valence-corrected chi connectivity index (χ2v) is 5.74. The maximum absolute atomic E-state index is 6.32. The van der Waals surface area contributed by atoms with Crippen molar-refractivity contribution in [2.45, 2.75) is 26.3 Å². The van der Waals surface area contributed by atoms with Gasteiger partial charge in [0.15, 0.2) is 11.5 Å². The van der Waals surface area contributed by atoms with Crippen molar-refractivity contribution in [1.29, 1.82) is 0 Å². The van der Waals surface area contributed by atoms with E-state index in [1.165, 1.54) is 4.88 Å². The largest absolute Gasteiger partial charge is 0.493 e. The molecule has 4 nitrogen and oxygen atoms in total. The van der Waals surface area contributed by atoms with E-state index in [4.69, 9.17) is 15.2 Å². The number of aromatic nitrogens is 1. The summed E-state index contributed by atoms with van der Waals surface area (Å²) < 4.78 is 10.6. The van der Waals surface area contributed by atoms with Crippen LogP contribution >= 0.6 is 11.3 Å². The molecule has 1 heterocycles. The van der Waals surface area contributed by atoms with Gasteiger partial charge in [-0.05, 0) is 31.0 Å². The number of aryl methyl sites for hydroxylation is 2. The predicted molar refractivity (Wildman–Crippen MR) is 81.8 cm³/mol. The van der Waals surface area contributed by atoms with Crippen LogP contribution in [-0.2, 0) is 6.42 Å². The number of hydrogen-bond donors (Lipinski definition) is 1. The predicted octanol–water partition coefficient (Wildman–Crippen LogP) is 3.08. The molecule has 0 fully saturated rings. The average Bonchev–Trinajstić information content (AvgIpc) is 2.86. The normalized spacial score (nSPS) is 12.2. The summed E-state index contributed by atoms with van der Waals surface area (Å²) in [6, 6.07) is 5.49. The monoisotopic (exact) mass is 292 g/mol. The quantitative estimate of drug-likeness (QED) is 0.920. The Morgan fingerprint density at radius 2 is 1.95 bits per heavy atom. The van der Waals surface area contributed by atoms with Crippen molar-refractivity contribution in [3.8, 4) is 11.5 Å². The summed E-state index contributed by atoms with van der Waals surface area (Å²) in [5.41, 5.74) is 8.42. The van der Waals surface area contributed by atoms with Gasteiger partial charge in [0, 0.05) is 4.88 Å². The van der Waals surface area contributed by atoms with Crippen LogP contribution in [0.1, 0.15) is 34.1 Å². The van der Waals surface area contributed by atoms with Crippen molar-refractivity contribution in [3.05, 3.63) is 39.3 Å². The third-order valence-corrected chi connectivity index (χ3v) is 4.37. The van der Waals surface area contributed by atoms with Gasteiger partial charge in [0.25, 0.3) is 0 Å². The fourth-order valence-electron chi connectivity index (χ4n) is 2.10. The molecule has 5 heteroatoms. The highest BCUT2D eigenvalue weighted by Crippen LogP contribution is 2.33. The van der Waals surface area contributed by atoms with Gasteiger partial charge in [-0.3, -0.25) is 0 Å². The molecule has 0 aliphatic rings. The number of rotatable bonds is 5. The molecule has 0 bridgehead atoms. The van der Waals surface area contributed by atoms with Gasteiger partial charge < -0.3 is 15.2 Å². The van der Waals surface area contributed by atoms with Gasteiger partial charge in [-0.2, -0.15) is 0 Å². The fraction of sp³-hybridized carbons (Fsp3) is 0.400. The van der Waals surface area contributed by atoms with Crippen molar-refractivity contribution in [2.24, 2.45) is 5.73 Å². The molecule has 0 aliphatic carbocycles.